The van der Waals surface area contributed by atoms with Crippen molar-refractivity contribution in [3.05, 3.63) is 26.0 Å². The number of aromatic nitrogens is 2. The van der Waals surface area contributed by atoms with Gasteiger partial charge in [0.15, 0.2) is 5.69 Å². The second-order valence-corrected chi connectivity index (χ2v) is 2.91. The maximum absolute atomic E-state index is 10.3. The van der Waals surface area contributed by atoms with Crippen LogP contribution in [-0.4, -0.2) is 14.9 Å². The highest BCUT2D eigenvalue weighted by atomic mass is 79.9. The Morgan fingerprint density at radius 1 is 1.64 bits per heavy atom. The molecule has 0 radical (unpaired) electrons. The molecule has 1 aromatic rings. The molecule has 0 aliphatic heterocycles. The largest absolute Gasteiger partial charge is 0.339 e. The molecule has 0 saturated carbocycles. The standard InChI is InChI=1S/C5H6BrN3O2/c1-3-5(6)4(2)8(7-3)9(10)11/h1-2H3. The van der Waals surface area contributed by atoms with Crippen LogP contribution in [0, 0.1) is 24.0 Å². The molecule has 5 nitrogen and oxygen atoms in total. The van der Waals surface area contributed by atoms with Gasteiger partial charge >= 0.3 is 0 Å². The molecule has 0 atom stereocenters. The van der Waals surface area contributed by atoms with Crippen molar-refractivity contribution in [1.29, 1.82) is 0 Å². The van der Waals surface area contributed by atoms with Gasteiger partial charge < -0.3 is 10.1 Å². The summed E-state index contributed by atoms with van der Waals surface area (Å²) in [7, 11) is 0. The van der Waals surface area contributed by atoms with E-state index in [1.165, 1.54) is 0 Å². The summed E-state index contributed by atoms with van der Waals surface area (Å²) < 4.78 is 0.689. The van der Waals surface area contributed by atoms with Crippen molar-refractivity contribution in [2.24, 2.45) is 0 Å². The Kier molecular flexibility index (Phi) is 1.95. The number of nitrogens with zero attached hydrogens (tertiary/aromatic N) is 3. The lowest BCUT2D eigenvalue weighted by molar-refractivity contribution is -0.554. The molecule has 1 rings (SSSR count). The smallest absolute Gasteiger partial charge is 0.191 e. The fourth-order valence-corrected chi connectivity index (χ4v) is 1.01. The highest BCUT2D eigenvalue weighted by Gasteiger charge is 2.17. The van der Waals surface area contributed by atoms with Gasteiger partial charge in [0, 0.05) is 16.8 Å². The van der Waals surface area contributed by atoms with Crippen LogP contribution < -0.4 is 0 Å². The number of hydrogen-bond donors (Lipinski definition) is 0. The zero-order valence-electron chi connectivity index (χ0n) is 6.04. The van der Waals surface area contributed by atoms with E-state index in [2.05, 4.69) is 21.0 Å². The molecule has 6 heteroatoms. The summed E-state index contributed by atoms with van der Waals surface area (Å²) >= 11 is 3.18. The van der Waals surface area contributed by atoms with E-state index in [9.17, 15) is 10.1 Å². The average molecular weight is 220 g/mol. The Bertz CT molecular complexity index is 307. The van der Waals surface area contributed by atoms with E-state index >= 15 is 0 Å². The Morgan fingerprint density at radius 2 is 2.18 bits per heavy atom. The van der Waals surface area contributed by atoms with Crippen LogP contribution in [0.4, 0.5) is 0 Å². The molecule has 0 saturated heterocycles. The molecule has 1 heterocycles. The van der Waals surface area contributed by atoms with Gasteiger partial charge in [-0.25, -0.2) is 0 Å². The van der Waals surface area contributed by atoms with Crippen molar-refractivity contribution in [2.45, 2.75) is 13.8 Å². The number of aryl methyl sites for hydroxylation is 1. The van der Waals surface area contributed by atoms with Gasteiger partial charge in [-0.3, -0.25) is 0 Å². The fourth-order valence-electron chi connectivity index (χ4n) is 0.770. The minimum Gasteiger partial charge on any atom is -0.339 e. The summed E-state index contributed by atoms with van der Waals surface area (Å²) in [4.78, 5) is 11.0. The third-order valence-electron chi connectivity index (χ3n) is 1.33. The lowest BCUT2D eigenvalue weighted by Crippen LogP contribution is -2.11. The second kappa shape index (κ2) is 2.61. The first-order valence-electron chi connectivity index (χ1n) is 2.90. The van der Waals surface area contributed by atoms with Crippen molar-refractivity contribution < 1.29 is 5.03 Å². The molecule has 0 spiro atoms. The van der Waals surface area contributed by atoms with E-state index in [-0.39, 0.29) is 0 Å². The van der Waals surface area contributed by atoms with Crippen LogP contribution in [0.2, 0.25) is 0 Å². The van der Waals surface area contributed by atoms with E-state index in [0.29, 0.717) is 15.9 Å². The number of rotatable bonds is 1. The number of nitro groups is 1. The predicted octanol–water partition coefficient (Wildman–Crippen LogP) is 1.30. The molecule has 0 amide bonds. The molecule has 0 bridgehead atoms. The van der Waals surface area contributed by atoms with Crippen LogP contribution in [0.1, 0.15) is 11.4 Å². The Balaban J connectivity index is 3.29. The number of hydrogen-bond acceptors (Lipinski definition) is 3. The normalized spacial score (nSPS) is 10.1. The van der Waals surface area contributed by atoms with E-state index in [1.807, 2.05) is 0 Å². The van der Waals surface area contributed by atoms with Crippen LogP contribution in [0.3, 0.4) is 0 Å². The minimum atomic E-state index is -0.562. The van der Waals surface area contributed by atoms with Gasteiger partial charge in [-0.05, 0) is 22.9 Å². The monoisotopic (exact) mass is 219 g/mol. The summed E-state index contributed by atoms with van der Waals surface area (Å²) in [6, 6.07) is 0. The highest BCUT2D eigenvalue weighted by molar-refractivity contribution is 9.10. The predicted molar refractivity (Wildman–Crippen MR) is 41.8 cm³/mol. The summed E-state index contributed by atoms with van der Waals surface area (Å²) in [6.07, 6.45) is 0. The van der Waals surface area contributed by atoms with Crippen molar-refractivity contribution in [2.75, 3.05) is 0 Å². The van der Waals surface area contributed by atoms with Crippen LogP contribution in [0.25, 0.3) is 0 Å². The zero-order chi connectivity index (χ0) is 8.59. The molecule has 0 aliphatic carbocycles. The van der Waals surface area contributed by atoms with E-state index in [0.717, 1.165) is 4.79 Å². The van der Waals surface area contributed by atoms with Gasteiger partial charge in [0.1, 0.15) is 5.69 Å². The molecule has 60 valence electrons. The highest BCUT2D eigenvalue weighted by Crippen LogP contribution is 2.18. The van der Waals surface area contributed by atoms with Gasteiger partial charge in [-0.1, -0.05) is 0 Å². The summed E-state index contributed by atoms with van der Waals surface area (Å²) in [5.74, 6) is 0. The molecule has 0 aliphatic rings. The first kappa shape index (κ1) is 8.19. The van der Waals surface area contributed by atoms with Crippen LogP contribution in [0.5, 0.6) is 0 Å². The summed E-state index contributed by atoms with van der Waals surface area (Å²) in [6.45, 7) is 3.34. The van der Waals surface area contributed by atoms with Crippen molar-refractivity contribution in [1.82, 2.24) is 9.89 Å². The first-order valence-corrected chi connectivity index (χ1v) is 3.69. The second-order valence-electron chi connectivity index (χ2n) is 2.11. The molecule has 0 N–H and O–H groups in total. The van der Waals surface area contributed by atoms with Gasteiger partial charge in [0.05, 0.1) is 9.51 Å². The lowest BCUT2D eigenvalue weighted by Gasteiger charge is -1.91. The van der Waals surface area contributed by atoms with Crippen molar-refractivity contribution >= 4 is 15.9 Å². The Hall–Kier alpha value is -0.910. The molecule has 11 heavy (non-hydrogen) atoms. The Labute approximate surface area is 71.3 Å². The molecule has 0 fully saturated rings. The van der Waals surface area contributed by atoms with Crippen LogP contribution >= 0.6 is 15.9 Å². The molecule has 1 aromatic heterocycles. The third kappa shape index (κ3) is 1.25. The van der Waals surface area contributed by atoms with Crippen molar-refractivity contribution in [3.8, 4) is 0 Å². The minimum absolute atomic E-state index is 0.507. The van der Waals surface area contributed by atoms with E-state index in [4.69, 9.17) is 0 Å². The van der Waals surface area contributed by atoms with Gasteiger partial charge in [-0.15, -0.1) is 0 Å². The molecule has 0 aromatic carbocycles. The Morgan fingerprint density at radius 3 is 2.36 bits per heavy atom. The van der Waals surface area contributed by atoms with Crippen molar-refractivity contribution in [3.63, 3.8) is 0 Å². The fraction of sp³-hybridized carbons (Fsp3) is 0.400. The van der Waals surface area contributed by atoms with Gasteiger partial charge in [0.2, 0.25) is 0 Å². The summed E-state index contributed by atoms with van der Waals surface area (Å²) in [5.41, 5.74) is 1.13. The summed E-state index contributed by atoms with van der Waals surface area (Å²) in [5, 5.41) is 13.4. The van der Waals surface area contributed by atoms with Gasteiger partial charge in [0.25, 0.3) is 0 Å². The van der Waals surface area contributed by atoms with E-state index < -0.39 is 5.03 Å². The molecular formula is C5H6BrN3O2. The SMILES string of the molecule is Cc1nn([N+](=O)[O-])c(C)c1Br. The van der Waals surface area contributed by atoms with Crippen LogP contribution in [-0.2, 0) is 0 Å². The average Bonchev–Trinajstić information content (AvgIpc) is 2.17. The molecule has 0 unspecified atom stereocenters. The first-order chi connectivity index (χ1) is 5.04. The number of halogens is 1. The van der Waals surface area contributed by atoms with Crippen LogP contribution in [0.15, 0.2) is 4.47 Å². The third-order valence-corrected chi connectivity index (χ3v) is 2.48. The molecular weight excluding hydrogens is 214 g/mol. The maximum atomic E-state index is 10.3. The quantitative estimate of drug-likeness (QED) is 0.529. The topological polar surface area (TPSA) is 61.0 Å². The van der Waals surface area contributed by atoms with Gasteiger partial charge in [-0.2, -0.15) is 0 Å². The zero-order valence-corrected chi connectivity index (χ0v) is 7.62. The maximum Gasteiger partial charge on any atom is 0.191 e. The lowest BCUT2D eigenvalue weighted by atomic mass is 10.4. The van der Waals surface area contributed by atoms with E-state index in [1.54, 1.807) is 13.8 Å².